The third-order valence-corrected chi connectivity index (χ3v) is 2.39. The first kappa shape index (κ1) is 8.30. The maximum Gasteiger partial charge on any atom is 0.106 e. The molecule has 0 saturated carbocycles. The molecule has 0 fully saturated rings. The number of nitrogens with zero attached hydrogens (tertiary/aromatic N) is 1. The fraction of sp³-hybridized carbons (Fsp3) is 0.364. The molecule has 0 heterocycles. The monoisotopic (exact) mass is 175 g/mol. The van der Waals surface area contributed by atoms with Crippen molar-refractivity contribution in [3.63, 3.8) is 0 Å². The largest absolute Gasteiger partial charge is 0.399 e. The fourth-order valence-electron chi connectivity index (χ4n) is 1.81. The molecule has 0 bridgehead atoms. The molecule has 0 saturated heterocycles. The highest BCUT2D eigenvalue weighted by atomic mass is 16.6. The second kappa shape index (κ2) is 3.60. The number of rotatable bonds is 1. The van der Waals surface area contributed by atoms with Gasteiger partial charge in [0, 0.05) is 5.56 Å². The van der Waals surface area contributed by atoms with E-state index in [0.29, 0.717) is 0 Å². The molecule has 1 aromatic carbocycles. The summed E-state index contributed by atoms with van der Waals surface area (Å²) in [6, 6.07) is 8.41. The first-order valence-electron chi connectivity index (χ1n) is 4.60. The van der Waals surface area contributed by atoms with Crippen molar-refractivity contribution in [2.24, 2.45) is 5.16 Å². The summed E-state index contributed by atoms with van der Waals surface area (Å²) in [5, 5.41) is 4.04. The van der Waals surface area contributed by atoms with E-state index >= 15 is 0 Å². The first-order valence-corrected chi connectivity index (χ1v) is 4.60. The average Bonchev–Trinajstić information content (AvgIpc) is 2.19. The number of benzene rings is 1. The third kappa shape index (κ3) is 1.57. The van der Waals surface area contributed by atoms with Crippen LogP contribution in [0.15, 0.2) is 29.4 Å². The topological polar surface area (TPSA) is 21.6 Å². The van der Waals surface area contributed by atoms with Crippen molar-refractivity contribution in [2.75, 3.05) is 7.11 Å². The van der Waals surface area contributed by atoms with Crippen LogP contribution in [0.5, 0.6) is 0 Å². The van der Waals surface area contributed by atoms with Crippen molar-refractivity contribution in [2.45, 2.75) is 19.3 Å². The third-order valence-electron chi connectivity index (χ3n) is 2.39. The van der Waals surface area contributed by atoms with Crippen LogP contribution >= 0.6 is 0 Å². The highest BCUT2D eigenvalue weighted by molar-refractivity contribution is 6.02. The van der Waals surface area contributed by atoms with Crippen LogP contribution in [0, 0.1) is 0 Å². The predicted molar refractivity (Wildman–Crippen MR) is 52.9 cm³/mol. The van der Waals surface area contributed by atoms with E-state index in [1.807, 2.05) is 0 Å². The smallest absolute Gasteiger partial charge is 0.106 e. The van der Waals surface area contributed by atoms with Gasteiger partial charge >= 0.3 is 0 Å². The van der Waals surface area contributed by atoms with Crippen LogP contribution < -0.4 is 0 Å². The van der Waals surface area contributed by atoms with Gasteiger partial charge in [0.2, 0.25) is 0 Å². The van der Waals surface area contributed by atoms with Crippen LogP contribution in [0.3, 0.4) is 0 Å². The minimum Gasteiger partial charge on any atom is -0.399 e. The molecule has 2 nitrogen and oxygen atoms in total. The summed E-state index contributed by atoms with van der Waals surface area (Å²) in [7, 11) is 1.60. The highest BCUT2D eigenvalue weighted by Gasteiger charge is 2.14. The van der Waals surface area contributed by atoms with Gasteiger partial charge in [-0.05, 0) is 24.8 Å². The SMILES string of the molecule is CON=C1CCCc2ccccc21. The molecule has 2 rings (SSSR count). The number of hydrogen-bond donors (Lipinski definition) is 0. The van der Waals surface area contributed by atoms with Gasteiger partial charge in [-0.2, -0.15) is 0 Å². The van der Waals surface area contributed by atoms with Gasteiger partial charge in [0.05, 0.1) is 5.71 Å². The number of fused-ring (bicyclic) bond motifs is 1. The Labute approximate surface area is 78.2 Å². The molecule has 1 aliphatic rings. The Morgan fingerprint density at radius 2 is 2.08 bits per heavy atom. The van der Waals surface area contributed by atoms with Crippen LogP contribution in [-0.4, -0.2) is 12.8 Å². The average molecular weight is 175 g/mol. The van der Waals surface area contributed by atoms with Gasteiger partial charge in [-0.15, -0.1) is 0 Å². The molecule has 0 aromatic heterocycles. The van der Waals surface area contributed by atoms with E-state index in [0.717, 1.165) is 12.1 Å². The van der Waals surface area contributed by atoms with Crippen molar-refractivity contribution in [3.05, 3.63) is 35.4 Å². The molecule has 1 aromatic rings. The van der Waals surface area contributed by atoms with E-state index in [2.05, 4.69) is 29.4 Å². The number of hydrogen-bond acceptors (Lipinski definition) is 2. The lowest BCUT2D eigenvalue weighted by molar-refractivity contribution is 0.212. The Kier molecular flexibility index (Phi) is 2.30. The summed E-state index contributed by atoms with van der Waals surface area (Å²) >= 11 is 0. The second-order valence-electron chi connectivity index (χ2n) is 3.23. The van der Waals surface area contributed by atoms with E-state index in [9.17, 15) is 0 Å². The van der Waals surface area contributed by atoms with Gasteiger partial charge in [0.1, 0.15) is 7.11 Å². The molecule has 0 aliphatic heterocycles. The highest BCUT2D eigenvalue weighted by Crippen LogP contribution is 2.21. The Bertz CT molecular complexity index is 331. The maximum absolute atomic E-state index is 4.83. The molecular formula is C11H13NO. The van der Waals surface area contributed by atoms with Gasteiger partial charge in [0.15, 0.2) is 0 Å². The molecule has 0 unspecified atom stereocenters. The summed E-state index contributed by atoms with van der Waals surface area (Å²) in [5.74, 6) is 0. The van der Waals surface area contributed by atoms with Crippen LogP contribution in [-0.2, 0) is 11.3 Å². The maximum atomic E-state index is 4.83. The molecule has 13 heavy (non-hydrogen) atoms. The lowest BCUT2D eigenvalue weighted by Crippen LogP contribution is -2.11. The summed E-state index contributed by atoms with van der Waals surface area (Å²) < 4.78 is 0. The molecule has 1 aliphatic carbocycles. The van der Waals surface area contributed by atoms with Crippen molar-refractivity contribution < 1.29 is 4.84 Å². The molecule has 0 atom stereocenters. The van der Waals surface area contributed by atoms with Crippen LogP contribution in [0.25, 0.3) is 0 Å². The normalized spacial score (nSPS) is 18.4. The lowest BCUT2D eigenvalue weighted by Gasteiger charge is -2.16. The zero-order chi connectivity index (χ0) is 9.10. The summed E-state index contributed by atoms with van der Waals surface area (Å²) in [4.78, 5) is 4.83. The van der Waals surface area contributed by atoms with Crippen molar-refractivity contribution in [1.29, 1.82) is 0 Å². The van der Waals surface area contributed by atoms with Crippen LogP contribution in [0.1, 0.15) is 24.0 Å². The first-order chi connectivity index (χ1) is 6.42. The molecular weight excluding hydrogens is 162 g/mol. The van der Waals surface area contributed by atoms with E-state index in [1.165, 1.54) is 24.0 Å². The van der Waals surface area contributed by atoms with Crippen molar-refractivity contribution in [3.8, 4) is 0 Å². The van der Waals surface area contributed by atoms with E-state index < -0.39 is 0 Å². The molecule has 0 spiro atoms. The van der Waals surface area contributed by atoms with Gasteiger partial charge in [0.25, 0.3) is 0 Å². The van der Waals surface area contributed by atoms with Crippen LogP contribution in [0.2, 0.25) is 0 Å². The zero-order valence-electron chi connectivity index (χ0n) is 7.79. The van der Waals surface area contributed by atoms with Gasteiger partial charge < -0.3 is 4.84 Å². The Hall–Kier alpha value is -1.31. The Balaban J connectivity index is 2.42. The fourth-order valence-corrected chi connectivity index (χ4v) is 1.81. The Morgan fingerprint density at radius 1 is 1.23 bits per heavy atom. The molecule has 2 heteroatoms. The van der Waals surface area contributed by atoms with Crippen LogP contribution in [0.4, 0.5) is 0 Å². The number of aryl methyl sites for hydroxylation is 1. The molecule has 0 radical (unpaired) electrons. The van der Waals surface area contributed by atoms with Gasteiger partial charge in [-0.1, -0.05) is 29.4 Å². The zero-order valence-corrected chi connectivity index (χ0v) is 7.79. The van der Waals surface area contributed by atoms with E-state index in [-0.39, 0.29) is 0 Å². The summed E-state index contributed by atoms with van der Waals surface area (Å²) in [6.45, 7) is 0. The van der Waals surface area contributed by atoms with Crippen molar-refractivity contribution >= 4 is 5.71 Å². The predicted octanol–water partition coefficient (Wildman–Crippen LogP) is 2.37. The number of oxime groups is 1. The molecule has 68 valence electrons. The van der Waals surface area contributed by atoms with Gasteiger partial charge in [-0.3, -0.25) is 0 Å². The molecule has 0 amide bonds. The standard InChI is InChI=1S/C11H13NO/c1-13-12-11-8-4-6-9-5-2-3-7-10(9)11/h2-3,5,7H,4,6,8H2,1H3. The lowest BCUT2D eigenvalue weighted by atomic mass is 9.90. The van der Waals surface area contributed by atoms with Gasteiger partial charge in [-0.25, -0.2) is 0 Å². The van der Waals surface area contributed by atoms with E-state index in [4.69, 9.17) is 4.84 Å². The summed E-state index contributed by atoms with van der Waals surface area (Å²) in [5.41, 5.74) is 3.74. The minimum absolute atomic E-state index is 1.03. The Morgan fingerprint density at radius 3 is 2.92 bits per heavy atom. The minimum atomic E-state index is 1.03. The quantitative estimate of drug-likeness (QED) is 0.600. The summed E-state index contributed by atoms with van der Waals surface area (Å²) in [6.07, 6.45) is 3.38. The van der Waals surface area contributed by atoms with Crippen molar-refractivity contribution in [1.82, 2.24) is 0 Å². The van der Waals surface area contributed by atoms with E-state index in [1.54, 1.807) is 7.11 Å². The molecule has 0 N–H and O–H groups in total. The second-order valence-corrected chi connectivity index (χ2v) is 3.23.